The Bertz CT molecular complexity index is 285. The van der Waals surface area contributed by atoms with Gasteiger partial charge in [0.05, 0.1) is 22.9 Å². The first-order valence-electron chi connectivity index (χ1n) is 2.19. The SMILES string of the molecule is O=c1cc[nH]c(=O)n1I. The molecule has 0 aliphatic carbocycles. The smallest absolute Gasteiger partial charge is 0.313 e. The molecular weight excluding hydrogens is 235 g/mol. The summed E-state index contributed by atoms with van der Waals surface area (Å²) in [5.41, 5.74) is -0.706. The number of rotatable bonds is 0. The monoisotopic (exact) mass is 238 g/mol. The van der Waals surface area contributed by atoms with Crippen molar-refractivity contribution in [2.75, 3.05) is 0 Å². The average molecular weight is 238 g/mol. The molecule has 1 heterocycles. The van der Waals surface area contributed by atoms with Gasteiger partial charge in [0.15, 0.2) is 0 Å². The van der Waals surface area contributed by atoms with E-state index in [1.54, 1.807) is 22.9 Å². The number of hydrogen-bond acceptors (Lipinski definition) is 2. The van der Waals surface area contributed by atoms with Gasteiger partial charge in [0.1, 0.15) is 0 Å². The van der Waals surface area contributed by atoms with Crippen molar-refractivity contribution in [3.63, 3.8) is 0 Å². The van der Waals surface area contributed by atoms with Crippen LogP contribution >= 0.6 is 22.9 Å². The van der Waals surface area contributed by atoms with Gasteiger partial charge >= 0.3 is 5.69 Å². The molecule has 0 amide bonds. The van der Waals surface area contributed by atoms with Gasteiger partial charge in [0, 0.05) is 12.3 Å². The van der Waals surface area contributed by atoms with Gasteiger partial charge in [-0.2, -0.15) is 2.78 Å². The lowest BCUT2D eigenvalue weighted by Gasteiger charge is -1.86. The highest BCUT2D eigenvalue weighted by Crippen LogP contribution is 1.74. The second kappa shape index (κ2) is 2.34. The Morgan fingerprint density at radius 2 is 2.22 bits per heavy atom. The number of aromatic amines is 1. The summed E-state index contributed by atoms with van der Waals surface area (Å²) in [4.78, 5) is 23.5. The van der Waals surface area contributed by atoms with Gasteiger partial charge in [-0.1, -0.05) is 0 Å². The van der Waals surface area contributed by atoms with E-state index in [1.807, 2.05) is 0 Å². The first kappa shape index (κ1) is 6.53. The third kappa shape index (κ3) is 1.21. The molecule has 1 rings (SSSR count). The van der Waals surface area contributed by atoms with Crippen molar-refractivity contribution in [3.8, 4) is 0 Å². The van der Waals surface area contributed by atoms with Crippen molar-refractivity contribution in [2.24, 2.45) is 0 Å². The topological polar surface area (TPSA) is 54.9 Å². The minimum absolute atomic E-state index is 0.306. The van der Waals surface area contributed by atoms with Gasteiger partial charge in [-0.05, 0) is 0 Å². The fourth-order valence-electron chi connectivity index (χ4n) is 0.406. The number of hydrogen-bond donors (Lipinski definition) is 1. The third-order valence-corrected chi connectivity index (χ3v) is 1.72. The van der Waals surface area contributed by atoms with Crippen LogP contribution in [0.1, 0.15) is 0 Å². The average Bonchev–Trinajstić information content (AvgIpc) is 1.83. The van der Waals surface area contributed by atoms with Crippen LogP contribution in [0.4, 0.5) is 0 Å². The van der Waals surface area contributed by atoms with Crippen molar-refractivity contribution in [3.05, 3.63) is 33.1 Å². The van der Waals surface area contributed by atoms with Gasteiger partial charge in [-0.25, -0.2) is 4.79 Å². The molecule has 1 aromatic rings. The zero-order chi connectivity index (χ0) is 6.85. The van der Waals surface area contributed by atoms with Crippen LogP contribution < -0.4 is 11.2 Å². The van der Waals surface area contributed by atoms with Crippen LogP contribution in [-0.2, 0) is 0 Å². The summed E-state index contributed by atoms with van der Waals surface area (Å²) >= 11 is 1.63. The van der Waals surface area contributed by atoms with E-state index in [1.165, 1.54) is 12.3 Å². The Balaban J connectivity index is 3.62. The molecule has 9 heavy (non-hydrogen) atoms. The first-order chi connectivity index (χ1) is 4.22. The number of nitrogens with one attached hydrogen (secondary N) is 1. The molecule has 48 valence electrons. The van der Waals surface area contributed by atoms with Crippen molar-refractivity contribution >= 4 is 22.9 Å². The van der Waals surface area contributed by atoms with E-state index in [0.717, 1.165) is 2.78 Å². The first-order valence-corrected chi connectivity index (χ1v) is 3.15. The Kier molecular flexibility index (Phi) is 1.70. The van der Waals surface area contributed by atoms with E-state index in [4.69, 9.17) is 0 Å². The summed E-state index contributed by atoms with van der Waals surface area (Å²) in [6.45, 7) is 0. The normalized spacial score (nSPS) is 9.44. The molecule has 5 heteroatoms. The van der Waals surface area contributed by atoms with E-state index < -0.39 is 5.69 Å². The van der Waals surface area contributed by atoms with Crippen molar-refractivity contribution < 1.29 is 0 Å². The molecule has 0 atom stereocenters. The number of H-pyrrole nitrogens is 1. The maximum Gasteiger partial charge on any atom is 0.337 e. The molecule has 0 aliphatic rings. The molecule has 4 nitrogen and oxygen atoms in total. The molecule has 0 aromatic carbocycles. The number of nitrogens with zero attached hydrogens (tertiary/aromatic N) is 1. The highest BCUT2D eigenvalue weighted by molar-refractivity contribution is 14.1. The zero-order valence-corrected chi connectivity index (χ0v) is 6.45. The van der Waals surface area contributed by atoms with Crippen molar-refractivity contribution in [1.29, 1.82) is 0 Å². The van der Waals surface area contributed by atoms with Gasteiger partial charge in [0.2, 0.25) is 0 Å². The molecule has 0 radical (unpaired) electrons. The lowest BCUT2D eigenvalue weighted by atomic mass is 10.7. The Morgan fingerprint density at radius 3 is 2.67 bits per heavy atom. The van der Waals surface area contributed by atoms with Gasteiger partial charge in [-0.15, -0.1) is 0 Å². The lowest BCUT2D eigenvalue weighted by Crippen LogP contribution is -2.26. The number of halogens is 1. The maximum absolute atomic E-state index is 10.6. The molecule has 0 spiro atoms. The second-order valence-electron chi connectivity index (χ2n) is 1.40. The summed E-state index contributed by atoms with van der Waals surface area (Å²) < 4.78 is 0.970. The molecule has 0 saturated carbocycles. The Morgan fingerprint density at radius 1 is 1.56 bits per heavy atom. The zero-order valence-electron chi connectivity index (χ0n) is 4.30. The van der Waals surface area contributed by atoms with E-state index in [-0.39, 0.29) is 5.56 Å². The molecule has 0 unspecified atom stereocenters. The molecule has 1 aromatic heterocycles. The summed E-state index contributed by atoms with van der Waals surface area (Å²) in [5, 5.41) is 0. The van der Waals surface area contributed by atoms with Crippen LogP contribution in [0.5, 0.6) is 0 Å². The lowest BCUT2D eigenvalue weighted by molar-refractivity contribution is 1.01. The van der Waals surface area contributed by atoms with Crippen LogP contribution in [0.25, 0.3) is 0 Å². The third-order valence-electron chi connectivity index (χ3n) is 0.805. The van der Waals surface area contributed by atoms with E-state index in [2.05, 4.69) is 4.98 Å². The molecule has 0 fully saturated rings. The van der Waals surface area contributed by atoms with E-state index in [0.29, 0.717) is 0 Å². The highest BCUT2D eigenvalue weighted by Gasteiger charge is 1.90. The molecular formula is C4H3IN2O2. The van der Waals surface area contributed by atoms with Crippen LogP contribution in [0, 0.1) is 0 Å². The Labute approximate surface area is 64.0 Å². The predicted molar refractivity (Wildman–Crippen MR) is 40.7 cm³/mol. The second-order valence-corrected chi connectivity index (χ2v) is 2.37. The molecule has 0 bridgehead atoms. The summed E-state index contributed by atoms with van der Waals surface area (Å²) in [5.74, 6) is 0. The summed E-state index contributed by atoms with van der Waals surface area (Å²) in [6.07, 6.45) is 1.32. The predicted octanol–water partition coefficient (Wildman–Crippen LogP) is -0.265. The quantitative estimate of drug-likeness (QED) is 0.633. The molecule has 0 aliphatic heterocycles. The standard InChI is InChI=1S/C4H3IN2O2/c5-7-3(8)1-2-6-4(7)9/h1-2H,(H,6,9). The largest absolute Gasteiger partial charge is 0.337 e. The Hall–Kier alpha value is -0.590. The van der Waals surface area contributed by atoms with Crippen LogP contribution in [0.3, 0.4) is 0 Å². The maximum atomic E-state index is 10.6. The highest BCUT2D eigenvalue weighted by atomic mass is 127. The van der Waals surface area contributed by atoms with Crippen molar-refractivity contribution in [1.82, 2.24) is 7.76 Å². The minimum Gasteiger partial charge on any atom is -0.313 e. The summed E-state index contributed by atoms with van der Waals surface area (Å²) in [6, 6.07) is 1.29. The minimum atomic E-state index is -0.400. The van der Waals surface area contributed by atoms with E-state index >= 15 is 0 Å². The van der Waals surface area contributed by atoms with Crippen LogP contribution in [0.15, 0.2) is 21.9 Å². The fraction of sp³-hybridized carbons (Fsp3) is 0. The van der Waals surface area contributed by atoms with Crippen LogP contribution in [-0.4, -0.2) is 7.76 Å². The number of aromatic nitrogens is 2. The van der Waals surface area contributed by atoms with Gasteiger partial charge in [0.25, 0.3) is 5.56 Å². The van der Waals surface area contributed by atoms with Gasteiger partial charge < -0.3 is 4.98 Å². The molecule has 1 N–H and O–H groups in total. The van der Waals surface area contributed by atoms with Gasteiger partial charge in [-0.3, -0.25) is 4.79 Å². The van der Waals surface area contributed by atoms with E-state index in [9.17, 15) is 9.59 Å². The summed E-state index contributed by atoms with van der Waals surface area (Å²) in [7, 11) is 0. The molecule has 0 saturated heterocycles. The van der Waals surface area contributed by atoms with Crippen molar-refractivity contribution in [2.45, 2.75) is 0 Å². The fourth-order valence-corrected chi connectivity index (χ4v) is 0.707. The van der Waals surface area contributed by atoms with Crippen LogP contribution in [0.2, 0.25) is 0 Å².